The van der Waals surface area contributed by atoms with Crippen molar-refractivity contribution in [1.29, 1.82) is 0 Å². The van der Waals surface area contributed by atoms with Crippen LogP contribution in [0.1, 0.15) is 28.0 Å². The summed E-state index contributed by atoms with van der Waals surface area (Å²) in [6, 6.07) is 13.2. The zero-order chi connectivity index (χ0) is 28.5. The summed E-state index contributed by atoms with van der Waals surface area (Å²) in [6.45, 7) is 5.73. The molecule has 2 bridgehead atoms. The quantitative estimate of drug-likeness (QED) is 0.180. The molecule has 0 atom stereocenters. The van der Waals surface area contributed by atoms with Crippen LogP contribution >= 0.6 is 0 Å². The van der Waals surface area contributed by atoms with Crippen molar-refractivity contribution in [3.63, 3.8) is 0 Å². The van der Waals surface area contributed by atoms with Gasteiger partial charge in [0.15, 0.2) is 5.78 Å². The van der Waals surface area contributed by atoms with Gasteiger partial charge < -0.3 is 27.5 Å². The number of allylic oxidation sites excluding steroid dienone is 1. The molecule has 3 aromatic rings. The van der Waals surface area contributed by atoms with Crippen molar-refractivity contribution >= 4 is 20.7 Å². The summed E-state index contributed by atoms with van der Waals surface area (Å²) in [5.74, 6) is 1.83. The summed E-state index contributed by atoms with van der Waals surface area (Å²) < 4.78 is 36.6. The molecule has 4 heterocycles. The van der Waals surface area contributed by atoms with Gasteiger partial charge in [-0.25, -0.2) is 0 Å². The molecule has 0 N–H and O–H groups in total. The Hall–Kier alpha value is -3.55. The molecule has 3 fully saturated rings. The SMILES string of the molecule is COc1ccc(/C=C/C(=O)c2ccc(OCc3cn(CCC[Si]45OCCN(CCO4)CCO5)nn3)cc2)c(OC)c1. The van der Waals surface area contributed by atoms with Gasteiger partial charge in [0.25, 0.3) is 0 Å². The minimum Gasteiger partial charge on any atom is -0.497 e. The molecule has 3 aliphatic rings. The summed E-state index contributed by atoms with van der Waals surface area (Å²) in [7, 11) is 0.547. The maximum Gasteiger partial charge on any atom is 0.501 e. The highest BCUT2D eigenvalue weighted by molar-refractivity contribution is 6.60. The van der Waals surface area contributed by atoms with Gasteiger partial charge in [0, 0.05) is 49.4 Å². The Kier molecular flexibility index (Phi) is 9.80. The first-order chi connectivity index (χ1) is 20.1. The van der Waals surface area contributed by atoms with E-state index in [1.54, 1.807) is 50.6 Å². The Morgan fingerprint density at radius 3 is 2.37 bits per heavy atom. The topological polar surface area (TPSA) is 106 Å². The van der Waals surface area contributed by atoms with E-state index < -0.39 is 8.80 Å². The fourth-order valence-corrected chi connectivity index (χ4v) is 7.21. The minimum atomic E-state index is -2.63. The number of aromatic nitrogens is 3. The first-order valence-electron chi connectivity index (χ1n) is 13.8. The molecule has 6 rings (SSSR count). The van der Waals surface area contributed by atoms with Gasteiger partial charge in [0.1, 0.15) is 29.5 Å². The predicted molar refractivity (Wildman–Crippen MR) is 153 cm³/mol. The van der Waals surface area contributed by atoms with Crippen molar-refractivity contribution in [2.75, 3.05) is 53.7 Å². The van der Waals surface area contributed by atoms with Crippen molar-refractivity contribution in [1.82, 2.24) is 19.9 Å². The Morgan fingerprint density at radius 2 is 1.68 bits per heavy atom. The van der Waals surface area contributed by atoms with Gasteiger partial charge in [-0.05, 0) is 55.0 Å². The molecule has 0 aliphatic carbocycles. The van der Waals surface area contributed by atoms with Crippen molar-refractivity contribution in [3.8, 4) is 17.2 Å². The second-order valence-corrected chi connectivity index (χ2v) is 12.5. The van der Waals surface area contributed by atoms with Crippen LogP contribution < -0.4 is 14.2 Å². The standard InChI is InChI=1S/C29H36N4O7Si/c1-35-27-10-6-24(29(20-27)36-2)7-11-28(34)23-4-8-26(9-5-23)37-22-25-21-33(31-30-25)12-3-19-41-38-16-13-32(14-17-39-41)15-18-40-41/h4-11,20-21H,3,12-19,22H2,1-2H3/b11-7+. The highest BCUT2D eigenvalue weighted by Gasteiger charge is 2.43. The molecule has 218 valence electrons. The molecule has 0 saturated carbocycles. The summed E-state index contributed by atoms with van der Waals surface area (Å²) in [4.78, 5) is 15.0. The molecule has 41 heavy (non-hydrogen) atoms. The summed E-state index contributed by atoms with van der Waals surface area (Å²) >= 11 is 0. The van der Waals surface area contributed by atoms with Crippen molar-refractivity contribution in [2.24, 2.45) is 0 Å². The first-order valence-corrected chi connectivity index (χ1v) is 15.7. The molecule has 1 aromatic heterocycles. The molecule has 0 spiro atoms. The average Bonchev–Trinajstić information content (AvgIpc) is 3.43. The van der Waals surface area contributed by atoms with E-state index in [-0.39, 0.29) is 12.4 Å². The van der Waals surface area contributed by atoms with Gasteiger partial charge in [-0.2, -0.15) is 0 Å². The van der Waals surface area contributed by atoms with Crippen LogP contribution in [0.15, 0.2) is 54.7 Å². The van der Waals surface area contributed by atoms with E-state index >= 15 is 0 Å². The Bertz CT molecular complexity index is 1300. The van der Waals surface area contributed by atoms with Gasteiger partial charge in [-0.15, -0.1) is 5.10 Å². The van der Waals surface area contributed by atoms with Crippen LogP contribution in [-0.4, -0.2) is 88.2 Å². The molecule has 2 aromatic carbocycles. The first kappa shape index (κ1) is 29.0. The molecule has 3 aliphatic heterocycles. The normalized spacial score (nSPS) is 20.8. The van der Waals surface area contributed by atoms with Crippen LogP contribution in [0, 0.1) is 0 Å². The Balaban J connectivity index is 1.08. The second kappa shape index (κ2) is 13.9. The van der Waals surface area contributed by atoms with E-state index in [1.807, 2.05) is 23.0 Å². The molecule has 11 nitrogen and oxygen atoms in total. The van der Waals surface area contributed by atoms with Gasteiger partial charge in [0.2, 0.25) is 0 Å². The Morgan fingerprint density at radius 1 is 0.976 bits per heavy atom. The minimum absolute atomic E-state index is 0.123. The van der Waals surface area contributed by atoms with Crippen LogP contribution in [0.3, 0.4) is 0 Å². The van der Waals surface area contributed by atoms with E-state index in [4.69, 9.17) is 27.5 Å². The molecule has 0 unspecified atom stereocenters. The third kappa shape index (κ3) is 7.80. The fourth-order valence-electron chi connectivity index (χ4n) is 4.73. The third-order valence-electron chi connectivity index (χ3n) is 7.03. The van der Waals surface area contributed by atoms with Gasteiger partial charge in [-0.1, -0.05) is 5.21 Å². The van der Waals surface area contributed by atoms with Crippen LogP contribution in [0.2, 0.25) is 6.04 Å². The van der Waals surface area contributed by atoms with E-state index in [2.05, 4.69) is 15.2 Å². The number of fused-ring (bicyclic) bond motifs is 6. The average molecular weight is 581 g/mol. The zero-order valence-electron chi connectivity index (χ0n) is 23.5. The van der Waals surface area contributed by atoms with Gasteiger partial charge in [-0.3, -0.25) is 14.4 Å². The molecular formula is C29H36N4O7Si. The van der Waals surface area contributed by atoms with Crippen molar-refractivity contribution in [3.05, 3.63) is 71.6 Å². The number of carbonyl (C=O) groups excluding carboxylic acids is 1. The van der Waals surface area contributed by atoms with E-state index in [0.29, 0.717) is 49.2 Å². The molecular weight excluding hydrogens is 544 g/mol. The zero-order valence-corrected chi connectivity index (χ0v) is 24.5. The lowest BCUT2D eigenvalue weighted by molar-refractivity contribution is -0.00869. The van der Waals surface area contributed by atoms with Crippen LogP contribution in [0.5, 0.6) is 17.2 Å². The van der Waals surface area contributed by atoms with Crippen LogP contribution in [0.25, 0.3) is 6.08 Å². The van der Waals surface area contributed by atoms with E-state index in [9.17, 15) is 4.79 Å². The summed E-state index contributed by atoms with van der Waals surface area (Å²) in [5, 5.41) is 8.46. The number of hydrogen-bond donors (Lipinski definition) is 0. The molecule has 0 radical (unpaired) electrons. The highest BCUT2D eigenvalue weighted by atomic mass is 28.4. The third-order valence-corrected chi connectivity index (χ3v) is 9.92. The van der Waals surface area contributed by atoms with E-state index in [0.717, 1.165) is 43.4 Å². The van der Waals surface area contributed by atoms with E-state index in [1.165, 1.54) is 6.08 Å². The predicted octanol–water partition coefficient (Wildman–Crippen LogP) is 3.48. The highest BCUT2D eigenvalue weighted by Crippen LogP contribution is 2.26. The molecule has 12 heteroatoms. The largest absolute Gasteiger partial charge is 0.501 e. The number of ether oxygens (including phenoxy) is 3. The maximum atomic E-state index is 12.7. The van der Waals surface area contributed by atoms with Gasteiger partial charge >= 0.3 is 8.80 Å². The number of rotatable bonds is 12. The lowest BCUT2D eigenvalue weighted by atomic mass is 10.1. The van der Waals surface area contributed by atoms with Gasteiger partial charge in [0.05, 0.1) is 40.2 Å². The number of carbonyl (C=O) groups is 1. The second-order valence-electron chi connectivity index (χ2n) is 9.77. The maximum absolute atomic E-state index is 12.7. The number of hydrogen-bond acceptors (Lipinski definition) is 10. The summed E-state index contributed by atoms with van der Waals surface area (Å²) in [6.07, 6.45) is 5.96. The Labute approximate surface area is 240 Å². The lowest BCUT2D eigenvalue weighted by Gasteiger charge is -2.38. The van der Waals surface area contributed by atoms with Crippen LogP contribution in [-0.2, 0) is 26.4 Å². The molecule has 0 amide bonds. The number of benzene rings is 2. The van der Waals surface area contributed by atoms with Crippen molar-refractivity contribution < 1.29 is 32.3 Å². The number of ketones is 1. The lowest BCUT2D eigenvalue weighted by Crippen LogP contribution is -2.55. The molecule has 3 saturated heterocycles. The van der Waals surface area contributed by atoms with Crippen LogP contribution in [0.4, 0.5) is 0 Å². The van der Waals surface area contributed by atoms with Crippen molar-refractivity contribution in [2.45, 2.75) is 25.6 Å². The number of aryl methyl sites for hydroxylation is 1. The smallest absolute Gasteiger partial charge is 0.497 e. The number of nitrogens with zero attached hydrogens (tertiary/aromatic N) is 4. The summed E-state index contributed by atoms with van der Waals surface area (Å²) in [5.41, 5.74) is 2.06. The fraction of sp³-hybridized carbons (Fsp3) is 0.414. The number of methoxy groups -OCH3 is 2. The monoisotopic (exact) mass is 580 g/mol.